The number of benzene rings is 1. The Balaban J connectivity index is 2.20. The Labute approximate surface area is 117 Å². The molecule has 0 aromatic heterocycles. The molecule has 0 unspecified atom stereocenters. The smallest absolute Gasteiger partial charge is 0.292 e. The molecule has 0 bridgehead atoms. The lowest BCUT2D eigenvalue weighted by atomic mass is 9.96. The zero-order valence-electron chi connectivity index (χ0n) is 10.9. The second kappa shape index (κ2) is 5.76. The van der Waals surface area contributed by atoms with Gasteiger partial charge in [-0.25, -0.2) is 13.1 Å². The van der Waals surface area contributed by atoms with Gasteiger partial charge in [0.15, 0.2) is 0 Å². The molecule has 0 aliphatic heterocycles. The Morgan fingerprint density at radius 1 is 1.25 bits per heavy atom. The lowest BCUT2D eigenvalue weighted by Gasteiger charge is -2.22. The number of nitrogens with one attached hydrogen (secondary N) is 1. The van der Waals surface area contributed by atoms with Crippen LogP contribution in [0.5, 0.6) is 0 Å². The summed E-state index contributed by atoms with van der Waals surface area (Å²) >= 11 is 0. The van der Waals surface area contributed by atoms with Gasteiger partial charge in [0.05, 0.1) is 9.82 Å². The van der Waals surface area contributed by atoms with Crippen LogP contribution >= 0.6 is 0 Å². The average molecular weight is 299 g/mol. The molecule has 0 spiro atoms. The lowest BCUT2D eigenvalue weighted by molar-refractivity contribution is -0.383. The SMILES string of the molecule is Nc1cc(S(=O)(=O)NC2CCCCC2)ccc1[N+](=O)[O-]. The summed E-state index contributed by atoms with van der Waals surface area (Å²) in [4.78, 5) is 9.99. The van der Waals surface area contributed by atoms with Crippen LogP contribution in [0.4, 0.5) is 11.4 Å². The van der Waals surface area contributed by atoms with E-state index >= 15 is 0 Å². The molecule has 1 aliphatic rings. The van der Waals surface area contributed by atoms with E-state index < -0.39 is 14.9 Å². The molecule has 1 saturated carbocycles. The maximum atomic E-state index is 12.2. The molecule has 1 fully saturated rings. The zero-order chi connectivity index (χ0) is 14.8. The topological polar surface area (TPSA) is 115 Å². The minimum Gasteiger partial charge on any atom is -0.393 e. The summed E-state index contributed by atoms with van der Waals surface area (Å²) in [6.45, 7) is 0. The maximum Gasteiger partial charge on any atom is 0.292 e. The molecule has 3 N–H and O–H groups in total. The second-order valence-electron chi connectivity index (χ2n) is 4.93. The number of anilines is 1. The van der Waals surface area contributed by atoms with E-state index in [1.807, 2.05) is 0 Å². The first-order chi connectivity index (χ1) is 9.40. The van der Waals surface area contributed by atoms with Crippen molar-refractivity contribution in [3.63, 3.8) is 0 Å². The number of nitro groups is 1. The molecule has 1 aliphatic carbocycles. The second-order valence-corrected chi connectivity index (χ2v) is 6.65. The van der Waals surface area contributed by atoms with E-state index in [0.29, 0.717) is 0 Å². The molecule has 1 aromatic rings. The van der Waals surface area contributed by atoms with Crippen LogP contribution in [-0.2, 0) is 10.0 Å². The van der Waals surface area contributed by atoms with E-state index in [2.05, 4.69) is 4.72 Å². The molecule has 0 atom stereocenters. The highest BCUT2D eigenvalue weighted by Gasteiger charge is 2.23. The number of nitrogens with two attached hydrogens (primary N) is 1. The molecule has 0 amide bonds. The summed E-state index contributed by atoms with van der Waals surface area (Å²) in [6, 6.07) is 3.39. The summed E-state index contributed by atoms with van der Waals surface area (Å²) in [7, 11) is -3.68. The number of sulfonamides is 1. The fraction of sp³-hybridized carbons (Fsp3) is 0.500. The molecule has 0 heterocycles. The number of rotatable bonds is 4. The minimum atomic E-state index is -3.68. The molecule has 110 valence electrons. The third-order valence-electron chi connectivity index (χ3n) is 3.43. The van der Waals surface area contributed by atoms with Gasteiger partial charge in [0.1, 0.15) is 5.69 Å². The van der Waals surface area contributed by atoms with Gasteiger partial charge in [0.2, 0.25) is 10.0 Å². The maximum absolute atomic E-state index is 12.2. The molecule has 7 nitrogen and oxygen atoms in total. The Morgan fingerprint density at radius 2 is 1.90 bits per heavy atom. The summed E-state index contributed by atoms with van der Waals surface area (Å²) in [5.74, 6) is 0. The van der Waals surface area contributed by atoms with E-state index in [9.17, 15) is 18.5 Å². The van der Waals surface area contributed by atoms with Crippen molar-refractivity contribution in [2.45, 2.75) is 43.0 Å². The number of hydrogen-bond donors (Lipinski definition) is 2. The summed E-state index contributed by atoms with van der Waals surface area (Å²) < 4.78 is 27.0. The number of hydrogen-bond acceptors (Lipinski definition) is 5. The van der Waals surface area contributed by atoms with Gasteiger partial charge in [-0.1, -0.05) is 19.3 Å². The first-order valence-corrected chi connectivity index (χ1v) is 7.95. The van der Waals surface area contributed by atoms with E-state index in [-0.39, 0.29) is 22.3 Å². The van der Waals surface area contributed by atoms with Crippen LogP contribution in [0.2, 0.25) is 0 Å². The standard InChI is InChI=1S/C12H17N3O4S/c13-11-8-10(6-7-12(11)15(16)17)20(18,19)14-9-4-2-1-3-5-9/h6-9,14H,1-5,13H2. The molecule has 20 heavy (non-hydrogen) atoms. The number of nitro benzene ring substituents is 1. The van der Waals surface area contributed by atoms with Crippen LogP contribution in [0.15, 0.2) is 23.1 Å². The van der Waals surface area contributed by atoms with Crippen LogP contribution in [-0.4, -0.2) is 19.4 Å². The van der Waals surface area contributed by atoms with Gasteiger partial charge in [-0.05, 0) is 25.0 Å². The summed E-state index contributed by atoms with van der Waals surface area (Å²) in [6.07, 6.45) is 4.79. The van der Waals surface area contributed by atoms with Crippen molar-refractivity contribution in [1.29, 1.82) is 0 Å². The summed E-state index contributed by atoms with van der Waals surface area (Å²) in [5, 5.41) is 10.7. The van der Waals surface area contributed by atoms with Crippen LogP contribution < -0.4 is 10.5 Å². The highest BCUT2D eigenvalue weighted by Crippen LogP contribution is 2.25. The Kier molecular flexibility index (Phi) is 4.24. The fourth-order valence-electron chi connectivity index (χ4n) is 2.37. The van der Waals surface area contributed by atoms with E-state index in [0.717, 1.165) is 44.2 Å². The number of nitrogen functional groups attached to an aromatic ring is 1. The van der Waals surface area contributed by atoms with Crippen LogP contribution in [0, 0.1) is 10.1 Å². The van der Waals surface area contributed by atoms with E-state index in [1.54, 1.807) is 0 Å². The Hall–Kier alpha value is -1.67. The van der Waals surface area contributed by atoms with Gasteiger partial charge in [-0.2, -0.15) is 0 Å². The van der Waals surface area contributed by atoms with Crippen LogP contribution in [0.1, 0.15) is 32.1 Å². The van der Waals surface area contributed by atoms with Crippen LogP contribution in [0.25, 0.3) is 0 Å². The first-order valence-electron chi connectivity index (χ1n) is 6.46. The lowest BCUT2D eigenvalue weighted by Crippen LogP contribution is -2.36. The number of nitrogens with zero attached hydrogens (tertiary/aromatic N) is 1. The van der Waals surface area contributed by atoms with E-state index in [1.165, 1.54) is 6.07 Å². The highest BCUT2D eigenvalue weighted by atomic mass is 32.2. The molecular weight excluding hydrogens is 282 g/mol. The highest BCUT2D eigenvalue weighted by molar-refractivity contribution is 7.89. The molecule has 1 aromatic carbocycles. The molecular formula is C12H17N3O4S. The monoisotopic (exact) mass is 299 g/mol. The van der Waals surface area contributed by atoms with Crippen molar-refractivity contribution in [3.05, 3.63) is 28.3 Å². The Morgan fingerprint density at radius 3 is 2.45 bits per heavy atom. The van der Waals surface area contributed by atoms with Gasteiger partial charge in [0.25, 0.3) is 5.69 Å². The van der Waals surface area contributed by atoms with Crippen molar-refractivity contribution >= 4 is 21.4 Å². The first kappa shape index (κ1) is 14.7. The van der Waals surface area contributed by atoms with Gasteiger partial charge in [-0.15, -0.1) is 0 Å². The van der Waals surface area contributed by atoms with Crippen molar-refractivity contribution in [2.24, 2.45) is 0 Å². The largest absolute Gasteiger partial charge is 0.393 e. The van der Waals surface area contributed by atoms with E-state index in [4.69, 9.17) is 5.73 Å². The zero-order valence-corrected chi connectivity index (χ0v) is 11.7. The molecule has 0 radical (unpaired) electrons. The van der Waals surface area contributed by atoms with Crippen LogP contribution in [0.3, 0.4) is 0 Å². The third-order valence-corrected chi connectivity index (χ3v) is 4.95. The Bertz CT molecular complexity index is 609. The molecule has 8 heteroatoms. The minimum absolute atomic E-state index is 0.0360. The third kappa shape index (κ3) is 3.26. The quantitative estimate of drug-likeness (QED) is 0.499. The van der Waals surface area contributed by atoms with Gasteiger partial charge in [0, 0.05) is 12.1 Å². The van der Waals surface area contributed by atoms with Crippen molar-refractivity contribution < 1.29 is 13.3 Å². The molecule has 0 saturated heterocycles. The van der Waals surface area contributed by atoms with Crippen molar-refractivity contribution in [2.75, 3.05) is 5.73 Å². The van der Waals surface area contributed by atoms with Gasteiger partial charge >= 0.3 is 0 Å². The summed E-state index contributed by atoms with van der Waals surface area (Å²) in [5.41, 5.74) is 5.08. The predicted octanol–water partition coefficient (Wildman–Crippen LogP) is 1.79. The van der Waals surface area contributed by atoms with Crippen molar-refractivity contribution in [3.8, 4) is 0 Å². The average Bonchev–Trinajstić information content (AvgIpc) is 2.38. The molecule has 2 rings (SSSR count). The normalized spacial score (nSPS) is 17.0. The fourth-order valence-corrected chi connectivity index (χ4v) is 3.71. The van der Waals surface area contributed by atoms with Crippen molar-refractivity contribution in [1.82, 2.24) is 4.72 Å². The van der Waals surface area contributed by atoms with Gasteiger partial charge < -0.3 is 5.73 Å². The predicted molar refractivity (Wildman–Crippen MR) is 74.7 cm³/mol. The van der Waals surface area contributed by atoms with Gasteiger partial charge in [-0.3, -0.25) is 10.1 Å².